The molecule has 0 saturated carbocycles. The Morgan fingerprint density at radius 1 is 1.45 bits per heavy atom. The fourth-order valence-electron chi connectivity index (χ4n) is 2.12. The zero-order valence-electron chi connectivity index (χ0n) is 11.2. The van der Waals surface area contributed by atoms with Gasteiger partial charge < -0.3 is 4.74 Å². The molecule has 0 spiro atoms. The number of ether oxygens (including phenoxy) is 1. The quantitative estimate of drug-likeness (QED) is 0.643. The first-order valence-electron chi connectivity index (χ1n) is 6.02. The lowest BCUT2D eigenvalue weighted by atomic mass is 10.0. The van der Waals surface area contributed by atoms with E-state index >= 15 is 0 Å². The highest BCUT2D eigenvalue weighted by atomic mass is 19.1. The summed E-state index contributed by atoms with van der Waals surface area (Å²) in [4.78, 5) is 0. The Morgan fingerprint density at radius 3 is 2.80 bits per heavy atom. The van der Waals surface area contributed by atoms with Crippen LogP contribution in [0.25, 0.3) is 0 Å². The van der Waals surface area contributed by atoms with Crippen LogP contribution in [0.2, 0.25) is 0 Å². The Bertz CT molecular complexity index is 600. The molecule has 0 bridgehead atoms. The number of nitrogens with zero attached hydrogens (tertiary/aromatic N) is 2. The van der Waals surface area contributed by atoms with Gasteiger partial charge in [0.1, 0.15) is 11.6 Å². The molecular formula is C13H16F2N4O. The zero-order valence-corrected chi connectivity index (χ0v) is 11.2. The third-order valence-electron chi connectivity index (χ3n) is 3.14. The maximum absolute atomic E-state index is 13.7. The summed E-state index contributed by atoms with van der Waals surface area (Å²) in [5.74, 6) is 4.88. The van der Waals surface area contributed by atoms with E-state index in [1.54, 1.807) is 17.9 Å². The Balaban J connectivity index is 2.31. The first-order valence-corrected chi connectivity index (χ1v) is 6.02. The molecule has 0 aliphatic rings. The van der Waals surface area contributed by atoms with E-state index in [4.69, 9.17) is 10.6 Å². The standard InChI is InChI=1S/C13H16F2N4O/c1-19-13(12(20-2)7-17-19)11(18-16)5-8-3-4-9(14)6-10(8)15/h3-4,6-7,11,18H,5,16H2,1-2H3. The third-order valence-corrected chi connectivity index (χ3v) is 3.14. The first kappa shape index (κ1) is 14.4. The van der Waals surface area contributed by atoms with E-state index < -0.39 is 17.7 Å². The molecule has 0 fully saturated rings. The second-order valence-corrected chi connectivity index (χ2v) is 4.38. The van der Waals surface area contributed by atoms with Crippen LogP contribution in [-0.2, 0) is 13.5 Å². The van der Waals surface area contributed by atoms with Crippen molar-refractivity contribution in [1.82, 2.24) is 15.2 Å². The van der Waals surface area contributed by atoms with E-state index in [1.807, 2.05) is 0 Å². The van der Waals surface area contributed by atoms with Gasteiger partial charge in [0.05, 0.1) is 25.0 Å². The van der Waals surface area contributed by atoms with E-state index in [9.17, 15) is 8.78 Å². The lowest BCUT2D eigenvalue weighted by Crippen LogP contribution is -2.31. The molecule has 5 nitrogen and oxygen atoms in total. The average Bonchev–Trinajstić information content (AvgIpc) is 2.79. The van der Waals surface area contributed by atoms with Gasteiger partial charge in [-0.05, 0) is 18.1 Å². The Labute approximate surface area is 115 Å². The molecule has 0 radical (unpaired) electrons. The van der Waals surface area contributed by atoms with Crippen molar-refractivity contribution in [3.63, 3.8) is 0 Å². The van der Waals surface area contributed by atoms with Crippen molar-refractivity contribution < 1.29 is 13.5 Å². The molecule has 20 heavy (non-hydrogen) atoms. The van der Waals surface area contributed by atoms with Gasteiger partial charge in [-0.2, -0.15) is 5.10 Å². The smallest absolute Gasteiger partial charge is 0.161 e. The van der Waals surface area contributed by atoms with E-state index in [0.717, 1.165) is 6.07 Å². The minimum atomic E-state index is -0.610. The molecule has 108 valence electrons. The summed E-state index contributed by atoms with van der Waals surface area (Å²) >= 11 is 0. The third kappa shape index (κ3) is 2.78. The molecule has 2 aromatic rings. The average molecular weight is 282 g/mol. The molecular weight excluding hydrogens is 266 g/mol. The number of hydrazine groups is 1. The highest BCUT2D eigenvalue weighted by molar-refractivity contribution is 5.30. The van der Waals surface area contributed by atoms with E-state index in [2.05, 4.69) is 10.5 Å². The first-order chi connectivity index (χ1) is 9.56. The Morgan fingerprint density at radius 2 is 2.20 bits per heavy atom. The minimum absolute atomic E-state index is 0.249. The summed E-state index contributed by atoms with van der Waals surface area (Å²) in [6.07, 6.45) is 1.80. The molecule has 0 aliphatic carbocycles. The molecule has 1 aromatic carbocycles. The fourth-order valence-corrected chi connectivity index (χ4v) is 2.12. The summed E-state index contributed by atoms with van der Waals surface area (Å²) in [7, 11) is 3.26. The lowest BCUT2D eigenvalue weighted by molar-refractivity contribution is 0.393. The molecule has 1 aromatic heterocycles. The van der Waals surface area contributed by atoms with Crippen molar-refractivity contribution in [2.75, 3.05) is 7.11 Å². The zero-order chi connectivity index (χ0) is 14.7. The van der Waals surface area contributed by atoms with Crippen LogP contribution in [0.4, 0.5) is 8.78 Å². The second kappa shape index (κ2) is 5.98. The molecule has 1 heterocycles. The van der Waals surface area contributed by atoms with Crippen molar-refractivity contribution >= 4 is 0 Å². The molecule has 7 heteroatoms. The number of benzene rings is 1. The van der Waals surface area contributed by atoms with Crippen LogP contribution in [0.5, 0.6) is 5.75 Å². The normalized spacial score (nSPS) is 12.4. The number of nitrogens with two attached hydrogens (primary N) is 1. The Hall–Kier alpha value is -1.99. The van der Waals surface area contributed by atoms with Gasteiger partial charge in [-0.1, -0.05) is 6.07 Å². The highest BCUT2D eigenvalue weighted by Crippen LogP contribution is 2.27. The SMILES string of the molecule is COc1cnn(C)c1C(Cc1ccc(F)cc1F)NN. The van der Waals surface area contributed by atoms with Gasteiger partial charge in [-0.3, -0.25) is 16.0 Å². The number of hydrogen-bond donors (Lipinski definition) is 2. The van der Waals surface area contributed by atoms with Gasteiger partial charge in [0.2, 0.25) is 0 Å². The van der Waals surface area contributed by atoms with Crippen LogP contribution in [0, 0.1) is 11.6 Å². The number of aromatic nitrogens is 2. The van der Waals surface area contributed by atoms with Crippen molar-refractivity contribution in [2.45, 2.75) is 12.5 Å². The molecule has 1 atom stereocenters. The number of halogens is 2. The van der Waals surface area contributed by atoms with Gasteiger partial charge in [0.15, 0.2) is 5.75 Å². The van der Waals surface area contributed by atoms with Crippen LogP contribution in [0.3, 0.4) is 0 Å². The minimum Gasteiger partial charge on any atom is -0.493 e. The second-order valence-electron chi connectivity index (χ2n) is 4.38. The summed E-state index contributed by atoms with van der Waals surface area (Å²) in [5, 5.41) is 4.08. The van der Waals surface area contributed by atoms with Crippen LogP contribution < -0.4 is 16.0 Å². The summed E-state index contributed by atoms with van der Waals surface area (Å²) < 4.78 is 33.4. The Kier molecular flexibility index (Phi) is 4.31. The van der Waals surface area contributed by atoms with Gasteiger partial charge in [-0.25, -0.2) is 8.78 Å². The summed E-state index contributed by atoms with van der Waals surface area (Å²) in [5.41, 5.74) is 3.66. The van der Waals surface area contributed by atoms with Crippen molar-refractivity contribution in [3.8, 4) is 5.75 Å². The van der Waals surface area contributed by atoms with E-state index in [1.165, 1.54) is 19.2 Å². The van der Waals surface area contributed by atoms with Crippen molar-refractivity contribution in [3.05, 3.63) is 47.3 Å². The molecule has 0 saturated heterocycles. The highest BCUT2D eigenvalue weighted by Gasteiger charge is 2.21. The monoisotopic (exact) mass is 282 g/mol. The van der Waals surface area contributed by atoms with Crippen LogP contribution in [-0.4, -0.2) is 16.9 Å². The number of hydrogen-bond acceptors (Lipinski definition) is 4. The largest absolute Gasteiger partial charge is 0.493 e. The van der Waals surface area contributed by atoms with Gasteiger partial charge >= 0.3 is 0 Å². The van der Waals surface area contributed by atoms with Gasteiger partial charge in [-0.15, -0.1) is 0 Å². The molecule has 0 aliphatic heterocycles. The maximum Gasteiger partial charge on any atom is 0.161 e. The predicted molar refractivity (Wildman–Crippen MR) is 69.9 cm³/mol. The van der Waals surface area contributed by atoms with Crippen LogP contribution >= 0.6 is 0 Å². The predicted octanol–water partition coefficient (Wildman–Crippen LogP) is 1.45. The number of methoxy groups -OCH3 is 1. The van der Waals surface area contributed by atoms with Crippen molar-refractivity contribution in [2.24, 2.45) is 12.9 Å². The number of rotatable bonds is 5. The topological polar surface area (TPSA) is 65.1 Å². The van der Waals surface area contributed by atoms with E-state index in [0.29, 0.717) is 17.0 Å². The molecule has 1 unspecified atom stereocenters. The maximum atomic E-state index is 13.7. The van der Waals surface area contributed by atoms with Gasteiger partial charge in [0.25, 0.3) is 0 Å². The van der Waals surface area contributed by atoms with E-state index in [-0.39, 0.29) is 6.42 Å². The summed E-state index contributed by atoms with van der Waals surface area (Å²) in [6.45, 7) is 0. The number of aryl methyl sites for hydroxylation is 1. The van der Waals surface area contributed by atoms with Crippen LogP contribution in [0.1, 0.15) is 17.3 Å². The molecule has 0 amide bonds. The van der Waals surface area contributed by atoms with Crippen LogP contribution in [0.15, 0.2) is 24.4 Å². The number of nitrogens with one attached hydrogen (secondary N) is 1. The molecule has 2 rings (SSSR count). The summed E-state index contributed by atoms with van der Waals surface area (Å²) in [6, 6.07) is 3.06. The molecule has 3 N–H and O–H groups in total. The van der Waals surface area contributed by atoms with Crippen molar-refractivity contribution in [1.29, 1.82) is 0 Å². The van der Waals surface area contributed by atoms with Gasteiger partial charge in [0, 0.05) is 13.1 Å². The lowest BCUT2D eigenvalue weighted by Gasteiger charge is -2.18. The fraction of sp³-hybridized carbons (Fsp3) is 0.308.